The maximum absolute atomic E-state index is 11.2. The lowest BCUT2D eigenvalue weighted by atomic mass is 10.1. The molecule has 6 heteroatoms. The third-order valence-corrected chi connectivity index (χ3v) is 3.63. The van der Waals surface area contributed by atoms with Crippen LogP contribution in [0.3, 0.4) is 0 Å². The van der Waals surface area contributed by atoms with E-state index in [9.17, 15) is 9.90 Å². The van der Waals surface area contributed by atoms with Crippen molar-refractivity contribution in [2.24, 2.45) is 5.92 Å². The van der Waals surface area contributed by atoms with Crippen LogP contribution in [-0.2, 0) is 16.1 Å². The van der Waals surface area contributed by atoms with Crippen LogP contribution in [0.5, 0.6) is 5.75 Å². The van der Waals surface area contributed by atoms with Gasteiger partial charge in [0, 0.05) is 32.1 Å². The highest BCUT2D eigenvalue weighted by atomic mass is 16.6. The predicted octanol–water partition coefficient (Wildman–Crippen LogP) is 0.298. The van der Waals surface area contributed by atoms with E-state index in [0.717, 1.165) is 25.2 Å². The van der Waals surface area contributed by atoms with Crippen molar-refractivity contribution < 1.29 is 19.4 Å². The average molecular weight is 308 g/mol. The third-order valence-electron chi connectivity index (χ3n) is 3.63. The van der Waals surface area contributed by atoms with Crippen LogP contribution >= 0.6 is 0 Å². The van der Waals surface area contributed by atoms with Gasteiger partial charge in [0.15, 0.2) is 6.61 Å². The Bertz CT molecular complexity index is 464. The van der Waals surface area contributed by atoms with Gasteiger partial charge in [-0.2, -0.15) is 0 Å². The zero-order valence-electron chi connectivity index (χ0n) is 12.9. The number of ether oxygens (including phenoxy) is 2. The van der Waals surface area contributed by atoms with Gasteiger partial charge in [-0.3, -0.25) is 0 Å². The highest BCUT2D eigenvalue weighted by molar-refractivity contribution is 5.71. The first-order valence-electron chi connectivity index (χ1n) is 7.66. The molecule has 2 atom stereocenters. The van der Waals surface area contributed by atoms with Crippen molar-refractivity contribution in [3.05, 3.63) is 29.8 Å². The summed E-state index contributed by atoms with van der Waals surface area (Å²) in [6, 6.07) is 7.58. The molecule has 1 aliphatic rings. The lowest BCUT2D eigenvalue weighted by Crippen LogP contribution is -2.30. The van der Waals surface area contributed by atoms with Crippen LogP contribution in [0.1, 0.15) is 12.5 Å². The van der Waals surface area contributed by atoms with Crippen molar-refractivity contribution in [3.63, 3.8) is 0 Å². The normalized spacial score (nSPS) is 20.8. The topological polar surface area (TPSA) is 79.8 Å². The van der Waals surface area contributed by atoms with Crippen LogP contribution in [0.25, 0.3) is 0 Å². The van der Waals surface area contributed by atoms with E-state index >= 15 is 0 Å². The zero-order chi connectivity index (χ0) is 15.8. The number of hydrogen-bond acceptors (Lipinski definition) is 6. The second-order valence-electron chi connectivity index (χ2n) is 5.35. The number of aliphatic hydroxyl groups excluding tert-OH is 1. The summed E-state index contributed by atoms with van der Waals surface area (Å²) >= 11 is 0. The minimum Gasteiger partial charge on any atom is -0.482 e. The maximum atomic E-state index is 11.2. The number of carbonyl (C=O) groups excluding carboxylic acids is 1. The van der Waals surface area contributed by atoms with Crippen LogP contribution in [0.4, 0.5) is 0 Å². The zero-order valence-corrected chi connectivity index (χ0v) is 12.9. The Hall–Kier alpha value is -1.63. The van der Waals surface area contributed by atoms with Crippen molar-refractivity contribution in [2.45, 2.75) is 19.6 Å². The molecular formula is C16H24N2O4. The summed E-state index contributed by atoms with van der Waals surface area (Å²) in [6.07, 6.45) is -0.258. The summed E-state index contributed by atoms with van der Waals surface area (Å²) in [4.78, 5) is 11.2. The van der Waals surface area contributed by atoms with Crippen LogP contribution in [0.2, 0.25) is 0 Å². The van der Waals surface area contributed by atoms with Gasteiger partial charge in [0.05, 0.1) is 12.7 Å². The molecule has 1 aliphatic heterocycles. The molecule has 1 fully saturated rings. The van der Waals surface area contributed by atoms with Crippen molar-refractivity contribution >= 4 is 5.97 Å². The molecule has 0 aromatic heterocycles. The smallest absolute Gasteiger partial charge is 0.344 e. The second kappa shape index (κ2) is 8.73. The standard InChI is InChI=1S/C16H24N2O4/c1-2-21-16(20)11-22-14-5-3-12(4-6-14)7-17-8-13-9-18-10-15(13)19/h3-6,13,15,17-19H,2,7-11H2,1H3. The molecule has 0 bridgehead atoms. The number of β-amino-alcohol motifs (C(OH)–C–C–N with tert-alkyl or cyclic N) is 1. The van der Waals surface area contributed by atoms with Gasteiger partial charge in [-0.15, -0.1) is 0 Å². The molecule has 6 nitrogen and oxygen atoms in total. The molecule has 1 aromatic carbocycles. The number of hydrogen-bond donors (Lipinski definition) is 3. The van der Waals surface area contributed by atoms with E-state index in [1.165, 1.54) is 0 Å². The van der Waals surface area contributed by atoms with E-state index in [2.05, 4.69) is 10.6 Å². The summed E-state index contributed by atoms with van der Waals surface area (Å²) < 4.78 is 10.1. The SMILES string of the molecule is CCOC(=O)COc1ccc(CNCC2CNCC2O)cc1. The van der Waals surface area contributed by atoms with Gasteiger partial charge in [-0.05, 0) is 24.6 Å². The number of esters is 1. The van der Waals surface area contributed by atoms with Crippen LogP contribution in [0, 0.1) is 5.92 Å². The van der Waals surface area contributed by atoms with Gasteiger partial charge in [0.2, 0.25) is 0 Å². The molecule has 1 heterocycles. The monoisotopic (exact) mass is 308 g/mol. The van der Waals surface area contributed by atoms with Crippen molar-refractivity contribution in [3.8, 4) is 5.75 Å². The third kappa shape index (κ3) is 5.29. The Morgan fingerprint density at radius 3 is 2.77 bits per heavy atom. The quantitative estimate of drug-likeness (QED) is 0.599. The van der Waals surface area contributed by atoms with E-state index < -0.39 is 0 Å². The lowest BCUT2D eigenvalue weighted by Gasteiger charge is -2.14. The molecule has 122 valence electrons. The Kier molecular flexibility index (Phi) is 6.64. The molecule has 2 unspecified atom stereocenters. The molecule has 22 heavy (non-hydrogen) atoms. The van der Waals surface area contributed by atoms with Crippen LogP contribution in [0.15, 0.2) is 24.3 Å². The van der Waals surface area contributed by atoms with Crippen molar-refractivity contribution in [2.75, 3.05) is 32.8 Å². The van der Waals surface area contributed by atoms with E-state index in [4.69, 9.17) is 9.47 Å². The molecular weight excluding hydrogens is 284 g/mol. The minimum absolute atomic E-state index is 0.0714. The highest BCUT2D eigenvalue weighted by Gasteiger charge is 2.23. The molecule has 1 aromatic rings. The van der Waals surface area contributed by atoms with Gasteiger partial charge in [-0.25, -0.2) is 4.79 Å². The molecule has 1 saturated heterocycles. The lowest BCUT2D eigenvalue weighted by molar-refractivity contribution is -0.145. The largest absolute Gasteiger partial charge is 0.482 e. The van der Waals surface area contributed by atoms with Crippen molar-refractivity contribution in [1.29, 1.82) is 0 Å². The Balaban J connectivity index is 1.69. The van der Waals surface area contributed by atoms with Crippen LogP contribution < -0.4 is 15.4 Å². The van der Waals surface area contributed by atoms with E-state index in [0.29, 0.717) is 18.9 Å². The minimum atomic E-state index is -0.364. The average Bonchev–Trinajstić information content (AvgIpc) is 2.92. The number of nitrogens with one attached hydrogen (secondary N) is 2. The summed E-state index contributed by atoms with van der Waals surface area (Å²) in [6.45, 7) is 5.11. The molecule has 0 saturated carbocycles. The van der Waals surface area contributed by atoms with Gasteiger partial charge in [-0.1, -0.05) is 12.1 Å². The van der Waals surface area contributed by atoms with Gasteiger partial charge >= 0.3 is 5.97 Å². The fraction of sp³-hybridized carbons (Fsp3) is 0.562. The molecule has 0 amide bonds. The Morgan fingerprint density at radius 2 is 2.14 bits per heavy atom. The number of carbonyl (C=O) groups is 1. The predicted molar refractivity (Wildman–Crippen MR) is 82.6 cm³/mol. The fourth-order valence-corrected chi connectivity index (χ4v) is 2.38. The summed E-state index contributed by atoms with van der Waals surface area (Å²) in [7, 11) is 0. The van der Waals surface area contributed by atoms with Gasteiger partial charge in [0.1, 0.15) is 5.75 Å². The second-order valence-corrected chi connectivity index (χ2v) is 5.35. The van der Waals surface area contributed by atoms with Crippen LogP contribution in [-0.4, -0.2) is 50.0 Å². The first kappa shape index (κ1) is 16.7. The Labute approximate surface area is 130 Å². The number of rotatable bonds is 8. The maximum Gasteiger partial charge on any atom is 0.344 e. The van der Waals surface area contributed by atoms with E-state index in [1.54, 1.807) is 6.92 Å². The molecule has 2 rings (SSSR count). The summed E-state index contributed by atoms with van der Waals surface area (Å²) in [5, 5.41) is 16.2. The molecule has 0 radical (unpaired) electrons. The van der Waals surface area contributed by atoms with Gasteiger partial charge in [0.25, 0.3) is 0 Å². The number of aliphatic hydroxyl groups is 1. The summed E-state index contributed by atoms with van der Waals surface area (Å²) in [5.41, 5.74) is 1.13. The molecule has 0 aliphatic carbocycles. The highest BCUT2D eigenvalue weighted by Crippen LogP contribution is 2.13. The fourth-order valence-electron chi connectivity index (χ4n) is 2.38. The summed E-state index contributed by atoms with van der Waals surface area (Å²) in [5.74, 6) is 0.552. The van der Waals surface area contributed by atoms with Gasteiger partial charge < -0.3 is 25.2 Å². The Morgan fingerprint density at radius 1 is 1.36 bits per heavy atom. The van der Waals surface area contributed by atoms with E-state index in [-0.39, 0.29) is 24.6 Å². The number of benzene rings is 1. The van der Waals surface area contributed by atoms with Crippen molar-refractivity contribution in [1.82, 2.24) is 10.6 Å². The molecule has 0 spiro atoms. The molecule has 3 N–H and O–H groups in total. The van der Waals surface area contributed by atoms with E-state index in [1.807, 2.05) is 24.3 Å². The first-order valence-corrected chi connectivity index (χ1v) is 7.66. The first-order chi connectivity index (χ1) is 10.7.